The fourth-order valence-corrected chi connectivity index (χ4v) is 1.93. The van der Waals surface area contributed by atoms with Crippen LogP contribution >= 0.6 is 22.6 Å². The van der Waals surface area contributed by atoms with Gasteiger partial charge in [0.05, 0.1) is 0 Å². The molecule has 0 spiro atoms. The number of benzene rings is 1. The maximum Gasteiger partial charge on any atom is 0.321 e. The van der Waals surface area contributed by atoms with E-state index in [0.29, 0.717) is 5.69 Å². The van der Waals surface area contributed by atoms with Gasteiger partial charge in [-0.1, -0.05) is 6.07 Å². The Balaban J connectivity index is 2.14. The Labute approximate surface area is 116 Å². The molecule has 7 heteroatoms. The lowest BCUT2D eigenvalue weighted by atomic mass is 10.3. The van der Waals surface area contributed by atoms with E-state index in [0.717, 1.165) is 3.57 Å². The average molecular weight is 357 g/mol. The van der Waals surface area contributed by atoms with E-state index in [4.69, 9.17) is 0 Å². The smallest absolute Gasteiger partial charge is 0.321 e. The Bertz CT molecular complexity index is 609. The van der Waals surface area contributed by atoms with Gasteiger partial charge in [-0.05, 0) is 51.8 Å². The lowest BCUT2D eigenvalue weighted by Gasteiger charge is -2.02. The van der Waals surface area contributed by atoms with Gasteiger partial charge in [0.2, 0.25) is 0 Å². The molecule has 0 saturated carbocycles. The lowest BCUT2D eigenvalue weighted by Crippen LogP contribution is -2.12. The average Bonchev–Trinajstić information content (AvgIpc) is 2.78. The van der Waals surface area contributed by atoms with Crippen molar-refractivity contribution in [2.75, 3.05) is 5.32 Å². The van der Waals surface area contributed by atoms with Crippen LogP contribution in [0.3, 0.4) is 0 Å². The minimum absolute atomic E-state index is 0.153. The van der Waals surface area contributed by atoms with Gasteiger partial charge < -0.3 is 15.4 Å². The Morgan fingerprint density at radius 3 is 2.72 bits per heavy atom. The number of aromatic amines is 1. The largest absolute Gasteiger partial charge is 0.358 e. The first-order chi connectivity index (χ1) is 8.56. The van der Waals surface area contributed by atoms with E-state index in [-0.39, 0.29) is 11.5 Å². The zero-order chi connectivity index (χ0) is 13.1. The molecule has 0 aliphatic heterocycles. The number of nitrogens with one attached hydrogen (secondary N) is 2. The van der Waals surface area contributed by atoms with E-state index >= 15 is 0 Å². The molecule has 0 aliphatic rings. The third-order valence-corrected chi connectivity index (χ3v) is 2.87. The minimum Gasteiger partial charge on any atom is -0.358 e. The standard InChI is InChI=1S/C11H8IN3O3/c12-7-2-1-3-8(6-7)13-11(16)9-4-5-10(14-9)15(17)18/h1-6,14H,(H,13,16). The number of nitro groups is 1. The third kappa shape index (κ3) is 2.86. The van der Waals surface area contributed by atoms with Crippen LogP contribution in [0.25, 0.3) is 0 Å². The molecule has 0 saturated heterocycles. The van der Waals surface area contributed by atoms with E-state index in [1.807, 2.05) is 12.1 Å². The SMILES string of the molecule is O=C(Nc1cccc(I)c1)c1ccc([N+](=O)[O-])[nH]1. The maximum absolute atomic E-state index is 11.8. The Morgan fingerprint density at radius 1 is 1.33 bits per heavy atom. The molecule has 0 unspecified atom stereocenters. The monoisotopic (exact) mass is 357 g/mol. The molecular formula is C11H8IN3O3. The molecule has 1 aromatic carbocycles. The molecule has 1 heterocycles. The van der Waals surface area contributed by atoms with Gasteiger partial charge in [-0.15, -0.1) is 0 Å². The van der Waals surface area contributed by atoms with Crippen molar-refractivity contribution < 1.29 is 9.72 Å². The van der Waals surface area contributed by atoms with Gasteiger partial charge in [0.15, 0.2) is 5.69 Å². The lowest BCUT2D eigenvalue weighted by molar-refractivity contribution is -0.389. The Hall–Kier alpha value is -1.90. The molecule has 6 nitrogen and oxygen atoms in total. The molecule has 0 aliphatic carbocycles. The predicted octanol–water partition coefficient (Wildman–Crippen LogP) is 2.78. The quantitative estimate of drug-likeness (QED) is 0.503. The van der Waals surface area contributed by atoms with Crippen LogP contribution in [0.5, 0.6) is 0 Å². The highest BCUT2D eigenvalue weighted by Crippen LogP contribution is 2.15. The van der Waals surface area contributed by atoms with E-state index in [2.05, 4.69) is 32.9 Å². The van der Waals surface area contributed by atoms with Crippen molar-refractivity contribution in [3.63, 3.8) is 0 Å². The molecule has 2 aromatic rings. The summed E-state index contributed by atoms with van der Waals surface area (Å²) < 4.78 is 0.989. The second-order valence-electron chi connectivity index (χ2n) is 3.48. The number of aromatic nitrogens is 1. The molecular weight excluding hydrogens is 349 g/mol. The number of H-pyrrole nitrogens is 1. The molecule has 0 bridgehead atoms. The molecule has 92 valence electrons. The minimum atomic E-state index is -0.581. The fourth-order valence-electron chi connectivity index (χ4n) is 1.39. The first-order valence-corrected chi connectivity index (χ1v) is 6.04. The van der Waals surface area contributed by atoms with Crippen LogP contribution in [-0.4, -0.2) is 15.8 Å². The number of carbonyl (C=O) groups excluding carboxylic acids is 1. The second kappa shape index (κ2) is 5.17. The fraction of sp³-hybridized carbons (Fsp3) is 0. The summed E-state index contributed by atoms with van der Waals surface area (Å²) >= 11 is 2.13. The number of carbonyl (C=O) groups is 1. The maximum atomic E-state index is 11.8. The normalized spacial score (nSPS) is 10.1. The summed E-state index contributed by atoms with van der Waals surface area (Å²) in [6.07, 6.45) is 0. The van der Waals surface area contributed by atoms with E-state index < -0.39 is 10.8 Å². The number of amides is 1. The van der Waals surface area contributed by atoms with Crippen molar-refractivity contribution in [3.05, 3.63) is 55.8 Å². The molecule has 18 heavy (non-hydrogen) atoms. The second-order valence-corrected chi connectivity index (χ2v) is 4.72. The summed E-state index contributed by atoms with van der Waals surface area (Å²) in [6, 6.07) is 9.89. The van der Waals surface area contributed by atoms with Crippen molar-refractivity contribution in [1.82, 2.24) is 4.98 Å². The van der Waals surface area contributed by atoms with Crippen LogP contribution in [0.15, 0.2) is 36.4 Å². The molecule has 1 aromatic heterocycles. The summed E-state index contributed by atoms with van der Waals surface area (Å²) in [5, 5.41) is 13.1. The third-order valence-electron chi connectivity index (χ3n) is 2.19. The summed E-state index contributed by atoms with van der Waals surface area (Å²) in [4.78, 5) is 24.1. The van der Waals surface area contributed by atoms with Crippen LogP contribution in [0.4, 0.5) is 11.5 Å². The summed E-state index contributed by atoms with van der Waals surface area (Å²) in [5.74, 6) is -0.618. The molecule has 1 amide bonds. The van der Waals surface area contributed by atoms with E-state index in [1.54, 1.807) is 12.1 Å². The first-order valence-electron chi connectivity index (χ1n) is 4.96. The first kappa shape index (κ1) is 12.6. The van der Waals surface area contributed by atoms with Crippen molar-refractivity contribution in [2.24, 2.45) is 0 Å². The van der Waals surface area contributed by atoms with Crippen LogP contribution in [-0.2, 0) is 0 Å². The van der Waals surface area contributed by atoms with E-state index in [9.17, 15) is 14.9 Å². The Morgan fingerprint density at radius 2 is 2.11 bits per heavy atom. The number of anilines is 1. The van der Waals surface area contributed by atoms with Gasteiger partial charge in [0.1, 0.15) is 0 Å². The zero-order valence-corrected chi connectivity index (χ0v) is 11.2. The van der Waals surface area contributed by atoms with Crippen LogP contribution in [0.2, 0.25) is 0 Å². The van der Waals surface area contributed by atoms with Gasteiger partial charge in [0, 0.05) is 15.3 Å². The van der Waals surface area contributed by atoms with Gasteiger partial charge in [-0.2, -0.15) is 0 Å². The van der Waals surface area contributed by atoms with Crippen LogP contribution in [0, 0.1) is 13.7 Å². The van der Waals surface area contributed by atoms with E-state index in [1.165, 1.54) is 12.1 Å². The van der Waals surface area contributed by atoms with Crippen molar-refractivity contribution in [2.45, 2.75) is 0 Å². The molecule has 2 rings (SSSR count). The predicted molar refractivity (Wildman–Crippen MR) is 74.6 cm³/mol. The number of hydrogen-bond donors (Lipinski definition) is 2. The Kier molecular flexibility index (Phi) is 3.60. The number of halogens is 1. The zero-order valence-electron chi connectivity index (χ0n) is 9.01. The molecule has 0 fully saturated rings. The van der Waals surface area contributed by atoms with Crippen LogP contribution in [0.1, 0.15) is 10.5 Å². The van der Waals surface area contributed by atoms with Gasteiger partial charge in [0.25, 0.3) is 5.91 Å². The van der Waals surface area contributed by atoms with Crippen molar-refractivity contribution in [1.29, 1.82) is 0 Å². The van der Waals surface area contributed by atoms with Gasteiger partial charge in [-0.3, -0.25) is 4.79 Å². The highest BCUT2D eigenvalue weighted by Gasteiger charge is 2.15. The molecule has 2 N–H and O–H groups in total. The van der Waals surface area contributed by atoms with Gasteiger partial charge >= 0.3 is 5.82 Å². The number of rotatable bonds is 3. The highest BCUT2D eigenvalue weighted by molar-refractivity contribution is 14.1. The summed E-state index contributed by atoms with van der Waals surface area (Å²) in [7, 11) is 0. The summed E-state index contributed by atoms with van der Waals surface area (Å²) in [5.41, 5.74) is 0.796. The summed E-state index contributed by atoms with van der Waals surface area (Å²) in [6.45, 7) is 0. The topological polar surface area (TPSA) is 88.0 Å². The van der Waals surface area contributed by atoms with Crippen molar-refractivity contribution in [3.8, 4) is 0 Å². The number of hydrogen-bond acceptors (Lipinski definition) is 3. The highest BCUT2D eigenvalue weighted by atomic mass is 127. The molecule has 0 radical (unpaired) electrons. The van der Waals surface area contributed by atoms with Gasteiger partial charge in [-0.25, -0.2) is 4.98 Å². The number of nitrogens with zero attached hydrogens (tertiary/aromatic N) is 1. The van der Waals surface area contributed by atoms with Crippen molar-refractivity contribution >= 4 is 40.0 Å². The molecule has 0 atom stereocenters. The van der Waals surface area contributed by atoms with Crippen LogP contribution < -0.4 is 5.32 Å².